The summed E-state index contributed by atoms with van der Waals surface area (Å²) >= 11 is 0. The number of hydrogen-bond acceptors (Lipinski definition) is 7. The van der Waals surface area contributed by atoms with Gasteiger partial charge in [-0.1, -0.05) is 41.5 Å². The van der Waals surface area contributed by atoms with Crippen LogP contribution >= 0.6 is 0 Å². The summed E-state index contributed by atoms with van der Waals surface area (Å²) in [5.41, 5.74) is 2.32. The number of aliphatic hydroxyl groups is 4. The topological polar surface area (TPSA) is 117 Å². The molecule has 0 aromatic rings. The van der Waals surface area contributed by atoms with E-state index >= 15 is 0 Å². The van der Waals surface area contributed by atoms with Crippen molar-refractivity contribution in [2.75, 3.05) is 32.7 Å². The molecule has 0 saturated carbocycles. The third kappa shape index (κ3) is 19.9. The first-order valence-electron chi connectivity index (χ1n) is 12.9. The lowest BCUT2D eigenvalue weighted by molar-refractivity contribution is 0.141. The Hall–Kier alpha value is -0.700. The fourth-order valence-electron chi connectivity index (χ4n) is 2.85. The molecule has 0 heterocycles. The van der Waals surface area contributed by atoms with E-state index in [0.29, 0.717) is 25.9 Å². The van der Waals surface area contributed by atoms with Crippen molar-refractivity contribution in [3.05, 3.63) is 11.3 Å². The second-order valence-electron chi connectivity index (χ2n) is 8.50. The summed E-state index contributed by atoms with van der Waals surface area (Å²) in [6.07, 6.45) is 5.33. The Morgan fingerprint density at radius 2 is 1.06 bits per heavy atom. The fraction of sp³-hybridized carbons (Fsp3) is 0.920. The molecule has 0 fully saturated rings. The summed E-state index contributed by atoms with van der Waals surface area (Å²) < 4.78 is 0. The maximum atomic E-state index is 10.00. The molecule has 194 valence electrons. The van der Waals surface area contributed by atoms with Crippen molar-refractivity contribution < 1.29 is 20.4 Å². The quantitative estimate of drug-likeness (QED) is 0.148. The van der Waals surface area contributed by atoms with E-state index < -0.39 is 0 Å². The van der Waals surface area contributed by atoms with Crippen molar-refractivity contribution >= 4 is 0 Å². The molecular weight excluding hydrogens is 406 g/mol. The summed E-state index contributed by atoms with van der Waals surface area (Å²) in [6, 6.07) is 0. The molecule has 0 saturated heterocycles. The van der Waals surface area contributed by atoms with E-state index in [-0.39, 0.29) is 24.4 Å². The highest BCUT2D eigenvalue weighted by molar-refractivity contribution is 5.16. The van der Waals surface area contributed by atoms with Crippen LogP contribution in [0.5, 0.6) is 0 Å². The first kappa shape index (κ1) is 33.5. The molecule has 0 aliphatic heterocycles. The zero-order valence-corrected chi connectivity index (χ0v) is 21.8. The molecule has 7 nitrogen and oxygen atoms in total. The Balaban J connectivity index is 0. The molecule has 4 atom stereocenters. The van der Waals surface area contributed by atoms with Gasteiger partial charge in [0.2, 0.25) is 0 Å². The van der Waals surface area contributed by atoms with Crippen LogP contribution in [-0.2, 0) is 0 Å². The predicted molar refractivity (Wildman–Crippen MR) is 136 cm³/mol. The van der Waals surface area contributed by atoms with Gasteiger partial charge in [0.1, 0.15) is 0 Å². The largest absolute Gasteiger partial charge is 0.393 e. The van der Waals surface area contributed by atoms with E-state index in [1.54, 1.807) is 0 Å². The molecule has 7 heteroatoms. The van der Waals surface area contributed by atoms with E-state index in [4.69, 9.17) is 10.2 Å². The van der Waals surface area contributed by atoms with Crippen molar-refractivity contribution in [1.82, 2.24) is 16.0 Å². The molecule has 0 amide bonds. The van der Waals surface area contributed by atoms with Crippen LogP contribution in [0.2, 0.25) is 0 Å². The van der Waals surface area contributed by atoms with Gasteiger partial charge >= 0.3 is 0 Å². The van der Waals surface area contributed by atoms with Crippen LogP contribution in [0.1, 0.15) is 92.9 Å². The molecule has 0 radical (unpaired) electrons. The normalized spacial score (nSPS) is 15.8. The van der Waals surface area contributed by atoms with Crippen LogP contribution in [0.25, 0.3) is 0 Å². The minimum atomic E-state index is -0.315. The van der Waals surface area contributed by atoms with Crippen LogP contribution in [-0.4, -0.2) is 77.6 Å². The van der Waals surface area contributed by atoms with Crippen molar-refractivity contribution in [2.45, 2.75) is 117 Å². The van der Waals surface area contributed by atoms with Gasteiger partial charge < -0.3 is 36.4 Å². The van der Waals surface area contributed by atoms with Crippen molar-refractivity contribution in [2.24, 2.45) is 0 Å². The zero-order valence-electron chi connectivity index (χ0n) is 21.8. The molecule has 0 spiro atoms. The zero-order chi connectivity index (χ0) is 24.8. The standard InChI is InChI=1S/C17H36N2O2.C8H19NO2/c1-5-9-18-13-14(11-15(20)7-3)17(19-10-6-2)12-16(21)8-4;1-3-7(10)5-9-6-8(11)4-2/h15-16,18-21H,5-13H2,1-4H3;7-11H,3-6H2,1-2H3. The number of nitrogens with one attached hydrogen (secondary N) is 3. The molecule has 0 aliphatic rings. The van der Waals surface area contributed by atoms with E-state index in [9.17, 15) is 10.2 Å². The minimum absolute atomic E-state index is 0.279. The molecule has 0 aliphatic carbocycles. The summed E-state index contributed by atoms with van der Waals surface area (Å²) in [5, 5.41) is 48.0. The molecule has 7 N–H and O–H groups in total. The van der Waals surface area contributed by atoms with Gasteiger partial charge in [-0.3, -0.25) is 0 Å². The summed E-state index contributed by atoms with van der Waals surface area (Å²) in [5.74, 6) is 0. The smallest absolute Gasteiger partial charge is 0.0662 e. The second-order valence-corrected chi connectivity index (χ2v) is 8.50. The van der Waals surface area contributed by atoms with Crippen LogP contribution in [0, 0.1) is 0 Å². The first-order valence-corrected chi connectivity index (χ1v) is 12.9. The van der Waals surface area contributed by atoms with Crippen LogP contribution < -0.4 is 16.0 Å². The van der Waals surface area contributed by atoms with Gasteiger partial charge in [0, 0.05) is 38.3 Å². The molecule has 4 unspecified atom stereocenters. The highest BCUT2D eigenvalue weighted by Gasteiger charge is 2.14. The average Bonchev–Trinajstić information content (AvgIpc) is 2.80. The van der Waals surface area contributed by atoms with E-state index in [1.807, 2.05) is 27.7 Å². The van der Waals surface area contributed by atoms with Gasteiger partial charge in [-0.25, -0.2) is 0 Å². The molecule has 0 rings (SSSR count). The Morgan fingerprint density at radius 1 is 0.594 bits per heavy atom. The lowest BCUT2D eigenvalue weighted by Gasteiger charge is -2.21. The third-order valence-electron chi connectivity index (χ3n) is 5.35. The molecule has 0 aromatic heterocycles. The summed E-state index contributed by atoms with van der Waals surface area (Å²) in [4.78, 5) is 0. The second kappa shape index (κ2) is 23.5. The monoisotopic (exact) mass is 461 g/mol. The maximum Gasteiger partial charge on any atom is 0.0662 e. The molecule has 0 aromatic carbocycles. The molecule has 32 heavy (non-hydrogen) atoms. The van der Waals surface area contributed by atoms with E-state index in [0.717, 1.165) is 63.9 Å². The lowest BCUT2D eigenvalue weighted by atomic mass is 10.00. The fourth-order valence-corrected chi connectivity index (χ4v) is 2.85. The number of hydrogen-bond donors (Lipinski definition) is 7. The van der Waals surface area contributed by atoms with E-state index in [1.165, 1.54) is 5.57 Å². The van der Waals surface area contributed by atoms with Crippen molar-refractivity contribution in [3.63, 3.8) is 0 Å². The SMILES string of the molecule is CCC(O)CNCC(O)CC.CCCNCC(CC(O)CC)=C(CC(O)CC)NCCC. The summed E-state index contributed by atoms with van der Waals surface area (Å²) in [7, 11) is 0. The predicted octanol–water partition coefficient (Wildman–Crippen LogP) is 2.68. The number of aliphatic hydroxyl groups excluding tert-OH is 4. The van der Waals surface area contributed by atoms with Gasteiger partial charge in [0.05, 0.1) is 24.4 Å². The highest BCUT2D eigenvalue weighted by Crippen LogP contribution is 2.17. The third-order valence-corrected chi connectivity index (χ3v) is 5.35. The van der Waals surface area contributed by atoms with Gasteiger partial charge in [0.15, 0.2) is 0 Å². The Kier molecular flexibility index (Phi) is 24.5. The Morgan fingerprint density at radius 3 is 1.50 bits per heavy atom. The minimum Gasteiger partial charge on any atom is -0.393 e. The maximum absolute atomic E-state index is 10.00. The summed E-state index contributed by atoms with van der Waals surface area (Å²) in [6.45, 7) is 16.0. The Bertz CT molecular complexity index is 425. The van der Waals surface area contributed by atoms with Crippen molar-refractivity contribution in [1.29, 1.82) is 0 Å². The number of rotatable bonds is 19. The van der Waals surface area contributed by atoms with E-state index in [2.05, 4.69) is 29.8 Å². The lowest BCUT2D eigenvalue weighted by Crippen LogP contribution is -2.32. The first-order chi connectivity index (χ1) is 15.3. The molecular formula is C25H55N3O4. The average molecular weight is 462 g/mol. The van der Waals surface area contributed by atoms with Crippen molar-refractivity contribution in [3.8, 4) is 0 Å². The van der Waals surface area contributed by atoms with Gasteiger partial charge in [0.25, 0.3) is 0 Å². The van der Waals surface area contributed by atoms with Crippen LogP contribution in [0.15, 0.2) is 11.3 Å². The highest BCUT2D eigenvalue weighted by atomic mass is 16.3. The van der Waals surface area contributed by atoms with Crippen LogP contribution in [0.4, 0.5) is 0 Å². The van der Waals surface area contributed by atoms with Gasteiger partial charge in [-0.2, -0.15) is 0 Å². The van der Waals surface area contributed by atoms with Crippen LogP contribution in [0.3, 0.4) is 0 Å². The van der Waals surface area contributed by atoms with Gasteiger partial charge in [-0.15, -0.1) is 0 Å². The Labute approximate surface area is 198 Å². The molecule has 0 bridgehead atoms. The van der Waals surface area contributed by atoms with Gasteiger partial charge in [-0.05, 0) is 57.1 Å².